The number of benzene rings is 3. The zero-order valence-electron chi connectivity index (χ0n) is 28.5. The molecule has 4 aliphatic rings. The first-order valence-corrected chi connectivity index (χ1v) is 16.4. The van der Waals surface area contributed by atoms with Crippen molar-refractivity contribution in [2.75, 3.05) is 14.2 Å². The molecule has 0 amide bonds. The molecule has 1 fully saturated rings. The summed E-state index contributed by atoms with van der Waals surface area (Å²) in [5.74, 6) is -13.2. The number of aliphatic hydroxyl groups is 1. The third kappa shape index (κ3) is 6.40. The molecule has 4 bridgehead atoms. The first-order valence-electron chi connectivity index (χ1n) is 16.4. The van der Waals surface area contributed by atoms with Crippen molar-refractivity contribution in [3.8, 4) is 34.5 Å². The highest BCUT2D eigenvalue weighted by Gasteiger charge is 2.69. The molecule has 3 aromatic rings. The second-order valence-electron chi connectivity index (χ2n) is 13.1. The first kappa shape index (κ1) is 37.2. The number of ketones is 1. The Morgan fingerprint density at radius 2 is 1.26 bits per heavy atom. The van der Waals surface area contributed by atoms with Crippen LogP contribution in [-0.4, -0.2) is 91.8 Å². The molecule has 7 unspecified atom stereocenters. The fraction of sp³-hybridized carbons (Fsp3) is 0.289. The van der Waals surface area contributed by atoms with Crippen LogP contribution in [-0.2, 0) is 61.4 Å². The second-order valence-corrected chi connectivity index (χ2v) is 13.1. The maximum Gasteiger partial charge on any atom is 0.347 e. The van der Waals surface area contributed by atoms with E-state index in [4.69, 9.17) is 18.9 Å². The molecule has 0 aliphatic heterocycles. The Morgan fingerprint density at radius 1 is 0.741 bits per heavy atom. The van der Waals surface area contributed by atoms with Gasteiger partial charge < -0.3 is 54.7 Å². The molecule has 7 rings (SSSR count). The van der Waals surface area contributed by atoms with Crippen LogP contribution in [0.2, 0.25) is 0 Å². The molecular weight excluding hydrogens is 712 g/mol. The number of fused-ring (bicyclic) bond motifs is 1. The average Bonchev–Trinajstić information content (AvgIpc) is 3.34. The SMILES string of the molecule is COC(=O)C(Cc1ccc(O)c(O)c1)OC(=O)/C=C\C1=CC2C3c4cc(O)c(O)cc4C2(O)C(=O)C1C3C(=O)OC(Cc1ccc(O)c(O)c1)C(=O)OC. The molecule has 16 heteroatoms. The van der Waals surface area contributed by atoms with Crippen LogP contribution in [0.4, 0.5) is 0 Å². The van der Waals surface area contributed by atoms with Gasteiger partial charge in [-0.1, -0.05) is 24.3 Å². The largest absolute Gasteiger partial charge is 0.504 e. The van der Waals surface area contributed by atoms with Crippen LogP contribution < -0.4 is 0 Å². The fourth-order valence-electron chi connectivity index (χ4n) is 7.48. The zero-order valence-corrected chi connectivity index (χ0v) is 28.5. The van der Waals surface area contributed by atoms with Gasteiger partial charge in [0.15, 0.2) is 45.9 Å². The molecule has 0 aromatic heterocycles. The van der Waals surface area contributed by atoms with E-state index < -0.39 is 106 Å². The van der Waals surface area contributed by atoms with E-state index in [0.29, 0.717) is 5.56 Å². The van der Waals surface area contributed by atoms with Crippen LogP contribution in [0.5, 0.6) is 34.5 Å². The van der Waals surface area contributed by atoms with Crippen molar-refractivity contribution in [1.82, 2.24) is 0 Å². The van der Waals surface area contributed by atoms with Crippen LogP contribution in [0.3, 0.4) is 0 Å². The van der Waals surface area contributed by atoms with Gasteiger partial charge in [-0.15, -0.1) is 0 Å². The third-order valence-electron chi connectivity index (χ3n) is 9.97. The topological polar surface area (TPSA) is 264 Å². The van der Waals surface area contributed by atoms with Gasteiger partial charge in [-0.3, -0.25) is 9.59 Å². The standard InChI is InChI=1S/C38H34O16/c1-51-35(47)28(11-16-3-6-22(39)24(41)9-16)53-30(45)8-5-18-13-21-32-19-14-26(43)27(44)15-20(19)38(21,50)34(46)31(18)33(32)37(49)54-29(36(48)52-2)12-17-4-7-23(40)25(42)10-17/h3-10,13-15,21,28-29,31-33,39-44,50H,11-12H2,1-2H3/b8-5-. The predicted molar refractivity (Wildman–Crippen MR) is 180 cm³/mol. The minimum absolute atomic E-state index is 0.0536. The number of hydrogen-bond acceptors (Lipinski definition) is 16. The van der Waals surface area contributed by atoms with E-state index in [9.17, 15) is 59.7 Å². The van der Waals surface area contributed by atoms with Gasteiger partial charge in [0.05, 0.1) is 26.1 Å². The molecule has 282 valence electrons. The maximum atomic E-state index is 14.3. The van der Waals surface area contributed by atoms with Crippen molar-refractivity contribution in [3.05, 3.63) is 94.6 Å². The Balaban J connectivity index is 1.32. The number of rotatable bonds is 11. The molecule has 0 radical (unpaired) electrons. The van der Waals surface area contributed by atoms with Crippen molar-refractivity contribution >= 4 is 29.7 Å². The van der Waals surface area contributed by atoms with E-state index in [1.165, 1.54) is 30.3 Å². The highest BCUT2D eigenvalue weighted by Crippen LogP contribution is 2.65. The van der Waals surface area contributed by atoms with E-state index in [0.717, 1.165) is 50.6 Å². The Bertz CT molecular complexity index is 2130. The van der Waals surface area contributed by atoms with Gasteiger partial charge in [0.25, 0.3) is 0 Å². The molecule has 54 heavy (non-hydrogen) atoms. The third-order valence-corrected chi connectivity index (χ3v) is 9.97. The van der Waals surface area contributed by atoms with E-state index >= 15 is 0 Å². The summed E-state index contributed by atoms with van der Waals surface area (Å²) in [6.45, 7) is 0. The summed E-state index contributed by atoms with van der Waals surface area (Å²) in [6.07, 6.45) is -0.174. The Morgan fingerprint density at radius 3 is 1.80 bits per heavy atom. The fourth-order valence-corrected chi connectivity index (χ4v) is 7.48. The molecule has 1 saturated carbocycles. The second kappa shape index (κ2) is 14.1. The number of methoxy groups -OCH3 is 2. The number of hydrogen-bond donors (Lipinski definition) is 7. The molecule has 0 heterocycles. The Labute approximate surface area is 305 Å². The van der Waals surface area contributed by atoms with E-state index in [-0.39, 0.29) is 35.1 Å². The number of aromatic hydroxyl groups is 6. The molecular formula is C38H34O16. The highest BCUT2D eigenvalue weighted by molar-refractivity contribution is 6.03. The van der Waals surface area contributed by atoms with Crippen LogP contribution in [0, 0.1) is 17.8 Å². The smallest absolute Gasteiger partial charge is 0.347 e. The molecule has 3 aromatic carbocycles. The lowest BCUT2D eigenvalue weighted by atomic mass is 9.55. The van der Waals surface area contributed by atoms with Crippen molar-refractivity contribution in [2.24, 2.45) is 17.8 Å². The number of ether oxygens (including phenoxy) is 4. The number of carbonyl (C=O) groups excluding carboxylic acids is 5. The average molecular weight is 747 g/mol. The van der Waals surface area contributed by atoms with Gasteiger partial charge in [-0.2, -0.15) is 0 Å². The summed E-state index contributed by atoms with van der Waals surface area (Å²) < 4.78 is 20.6. The lowest BCUT2D eigenvalue weighted by Crippen LogP contribution is -2.57. The van der Waals surface area contributed by atoms with Crippen LogP contribution in [0.1, 0.15) is 28.2 Å². The van der Waals surface area contributed by atoms with E-state index in [1.54, 1.807) is 0 Å². The molecule has 16 nitrogen and oxygen atoms in total. The maximum absolute atomic E-state index is 14.3. The molecule has 7 N–H and O–H groups in total. The van der Waals surface area contributed by atoms with Gasteiger partial charge in [0.1, 0.15) is 0 Å². The number of phenols is 6. The Kier molecular flexibility index (Phi) is 9.73. The van der Waals surface area contributed by atoms with Gasteiger partial charge in [0.2, 0.25) is 12.2 Å². The quantitative estimate of drug-likeness (QED) is 0.0638. The van der Waals surface area contributed by atoms with Gasteiger partial charge in [-0.05, 0) is 64.2 Å². The summed E-state index contributed by atoms with van der Waals surface area (Å²) in [7, 11) is 2.12. The highest BCUT2D eigenvalue weighted by atomic mass is 16.6. The van der Waals surface area contributed by atoms with E-state index in [1.807, 2.05) is 0 Å². The number of phenolic OH excluding ortho intramolecular Hbond substituents is 6. The minimum Gasteiger partial charge on any atom is -0.504 e. The van der Waals surface area contributed by atoms with Crippen LogP contribution in [0.25, 0.3) is 0 Å². The van der Waals surface area contributed by atoms with Crippen LogP contribution >= 0.6 is 0 Å². The lowest BCUT2D eigenvalue weighted by Gasteiger charge is -2.48. The van der Waals surface area contributed by atoms with Gasteiger partial charge in [0, 0.05) is 30.8 Å². The van der Waals surface area contributed by atoms with Gasteiger partial charge in [-0.25, -0.2) is 14.4 Å². The van der Waals surface area contributed by atoms with E-state index in [2.05, 4.69) is 0 Å². The number of Topliss-reactive ketones (excluding diaryl/α,β-unsaturated/α-hetero) is 1. The summed E-state index contributed by atoms with van der Waals surface area (Å²) in [5.41, 5.74) is -1.51. The Hall–Kier alpha value is -6.55. The zero-order chi connectivity index (χ0) is 39.2. The van der Waals surface area contributed by atoms with Crippen molar-refractivity contribution in [3.63, 3.8) is 0 Å². The number of carbonyl (C=O) groups is 5. The summed E-state index contributed by atoms with van der Waals surface area (Å²) >= 11 is 0. The molecule has 0 saturated heterocycles. The number of allylic oxidation sites excluding steroid dienone is 2. The molecule has 4 aliphatic carbocycles. The summed E-state index contributed by atoms with van der Waals surface area (Å²) in [4.78, 5) is 66.8. The van der Waals surface area contributed by atoms with Gasteiger partial charge >= 0.3 is 23.9 Å². The number of esters is 4. The minimum atomic E-state index is -2.26. The predicted octanol–water partition coefficient (Wildman–Crippen LogP) is 1.79. The van der Waals surface area contributed by atoms with Crippen molar-refractivity contribution < 1.29 is 78.7 Å². The van der Waals surface area contributed by atoms with Crippen LogP contribution in [0.15, 0.2) is 72.3 Å². The lowest BCUT2D eigenvalue weighted by molar-refractivity contribution is -0.177. The normalized spacial score (nSPS) is 23.2. The summed E-state index contributed by atoms with van der Waals surface area (Å²) in [6, 6.07) is 9.57. The summed E-state index contributed by atoms with van der Waals surface area (Å²) in [5, 5.41) is 71.7. The van der Waals surface area contributed by atoms with Crippen molar-refractivity contribution in [1.29, 1.82) is 0 Å². The molecule has 0 spiro atoms. The molecule has 7 atom stereocenters. The monoisotopic (exact) mass is 746 g/mol. The first-order chi connectivity index (χ1) is 25.6. The van der Waals surface area contributed by atoms with Crippen molar-refractivity contribution in [2.45, 2.75) is 36.6 Å².